The summed E-state index contributed by atoms with van der Waals surface area (Å²) in [6.45, 7) is 26.1. The van der Waals surface area contributed by atoms with E-state index in [1.165, 1.54) is 24.8 Å². The number of nitrogens with one attached hydrogen (secondary N) is 1. The number of nitrogens with zero attached hydrogens (tertiary/aromatic N) is 1. The van der Waals surface area contributed by atoms with Crippen LogP contribution in [0.4, 0.5) is 0 Å². The summed E-state index contributed by atoms with van der Waals surface area (Å²) >= 11 is 0. The molecule has 0 aromatic carbocycles. The van der Waals surface area contributed by atoms with Gasteiger partial charge in [-0.15, -0.1) is 0 Å². The second kappa shape index (κ2) is 13.3. The highest BCUT2D eigenvalue weighted by Gasteiger charge is 2.74. The summed E-state index contributed by atoms with van der Waals surface area (Å²) in [4.78, 5) is 42.7. The van der Waals surface area contributed by atoms with Crippen LogP contribution in [-0.2, 0) is 25.7 Å². The molecule has 1 heterocycles. The van der Waals surface area contributed by atoms with Gasteiger partial charge in [-0.2, -0.15) is 0 Å². The number of hydrogen-bond donors (Lipinski definition) is 2. The molecule has 4 unspecified atom stereocenters. The fraction of sp³-hybridized carbons (Fsp3) is 0.778. The summed E-state index contributed by atoms with van der Waals surface area (Å²) in [6.07, 6.45) is 15.1. The van der Waals surface area contributed by atoms with Crippen molar-refractivity contribution in [1.82, 2.24) is 10.3 Å². The highest BCUT2D eigenvalue weighted by molar-refractivity contribution is 5.77. The van der Waals surface area contributed by atoms with Gasteiger partial charge in [-0.1, -0.05) is 73.6 Å². The molecule has 1 aromatic rings. The van der Waals surface area contributed by atoms with Gasteiger partial charge in [0.25, 0.3) is 0 Å². The van der Waals surface area contributed by atoms with E-state index < -0.39 is 11.4 Å². The van der Waals surface area contributed by atoms with Crippen molar-refractivity contribution in [2.45, 2.75) is 158 Å². The maximum Gasteiger partial charge on any atom is 0.306 e. The second-order valence-corrected chi connectivity index (χ2v) is 20.7. The Bertz CT molecular complexity index is 1570. The molecule has 0 spiro atoms. The first-order valence-corrected chi connectivity index (χ1v) is 20.4. The zero-order valence-corrected chi connectivity index (χ0v) is 33.8. The summed E-state index contributed by atoms with van der Waals surface area (Å²) in [5.74, 6) is 0.962. The number of carboxylic acids is 1. The molecule has 5 aliphatic rings. The minimum atomic E-state index is -0.886. The molecule has 0 saturated heterocycles. The van der Waals surface area contributed by atoms with Crippen molar-refractivity contribution < 1.29 is 24.2 Å². The van der Waals surface area contributed by atoms with Crippen LogP contribution in [-0.4, -0.2) is 34.0 Å². The van der Waals surface area contributed by atoms with Gasteiger partial charge in [0, 0.05) is 30.8 Å². The maximum atomic E-state index is 13.8. The molecule has 7 heteroatoms. The van der Waals surface area contributed by atoms with Crippen LogP contribution in [0.1, 0.15) is 151 Å². The number of carboxylic acid groups (broad SMARTS) is 1. The molecule has 0 radical (unpaired) electrons. The molecular weight excluding hydrogens is 649 g/mol. The van der Waals surface area contributed by atoms with Crippen molar-refractivity contribution in [3.8, 4) is 0 Å². The third-order valence-corrected chi connectivity index (χ3v) is 17.3. The zero-order chi connectivity index (χ0) is 38.1. The Balaban J connectivity index is 1.24. The number of ether oxygens (including phenoxy) is 1. The van der Waals surface area contributed by atoms with E-state index in [4.69, 9.17) is 4.74 Å². The van der Waals surface area contributed by atoms with E-state index in [0.717, 1.165) is 50.5 Å². The van der Waals surface area contributed by atoms with E-state index in [0.29, 0.717) is 36.6 Å². The van der Waals surface area contributed by atoms with E-state index in [1.54, 1.807) is 6.20 Å². The second-order valence-electron chi connectivity index (χ2n) is 20.7. The molecule has 6 rings (SSSR count). The molecule has 1 amide bonds. The third-order valence-electron chi connectivity index (χ3n) is 17.3. The lowest BCUT2D eigenvalue weighted by molar-refractivity contribution is -0.266. The Morgan fingerprint density at radius 1 is 0.904 bits per heavy atom. The van der Waals surface area contributed by atoms with Crippen LogP contribution in [0.5, 0.6) is 0 Å². The smallest absolute Gasteiger partial charge is 0.306 e. The molecule has 5 fully saturated rings. The van der Waals surface area contributed by atoms with Crippen LogP contribution >= 0.6 is 0 Å². The summed E-state index contributed by atoms with van der Waals surface area (Å²) in [5.41, 5.74) is 1.93. The first kappa shape index (κ1) is 39.0. The average molecular weight is 717 g/mol. The van der Waals surface area contributed by atoms with Gasteiger partial charge < -0.3 is 15.2 Å². The predicted molar refractivity (Wildman–Crippen MR) is 205 cm³/mol. The van der Waals surface area contributed by atoms with Gasteiger partial charge in [-0.25, -0.2) is 0 Å². The number of pyridine rings is 1. The summed E-state index contributed by atoms with van der Waals surface area (Å²) in [6, 6.07) is 3.95. The van der Waals surface area contributed by atoms with Crippen LogP contribution in [0.15, 0.2) is 36.7 Å². The summed E-state index contributed by atoms with van der Waals surface area (Å²) in [5, 5.41) is 12.6. The van der Waals surface area contributed by atoms with E-state index in [2.05, 4.69) is 65.3 Å². The van der Waals surface area contributed by atoms with Gasteiger partial charge in [0.15, 0.2) is 0 Å². The SMILES string of the molecule is C=C(C)[C@@H]1CC[C@]2(CC(=O)NCc3cccnc3)CC[C@]3(C)[C@H](CCC4[C@@]5(C)CCC(OC(=O)CC(C)(C)CC(=O)O)C(C)(C)C5CC[C@]43C)C12C. The molecule has 0 bridgehead atoms. The van der Waals surface area contributed by atoms with Crippen LogP contribution < -0.4 is 5.32 Å². The highest BCUT2D eigenvalue weighted by atomic mass is 16.5. The number of allylic oxidation sites excluding steroid dienone is 1. The van der Waals surface area contributed by atoms with E-state index in [-0.39, 0.29) is 63.3 Å². The monoisotopic (exact) mass is 717 g/mol. The largest absolute Gasteiger partial charge is 0.481 e. The minimum Gasteiger partial charge on any atom is -0.481 e. The third kappa shape index (κ3) is 6.06. The number of aromatic nitrogens is 1. The van der Waals surface area contributed by atoms with Gasteiger partial charge in [0.1, 0.15) is 6.10 Å². The molecular formula is C45H68N2O5. The number of carbonyl (C=O) groups excluding carboxylic acids is 2. The Kier molecular flexibility index (Phi) is 9.94. The lowest BCUT2D eigenvalue weighted by Gasteiger charge is -2.75. The number of rotatable bonds is 10. The number of amides is 1. The van der Waals surface area contributed by atoms with Gasteiger partial charge in [-0.05, 0) is 139 Å². The van der Waals surface area contributed by atoms with Gasteiger partial charge >= 0.3 is 11.9 Å². The number of carbonyl (C=O) groups is 3. The first-order valence-electron chi connectivity index (χ1n) is 20.4. The maximum absolute atomic E-state index is 13.8. The molecule has 288 valence electrons. The highest BCUT2D eigenvalue weighted by Crippen LogP contribution is 2.81. The summed E-state index contributed by atoms with van der Waals surface area (Å²) in [7, 11) is 0. The van der Waals surface area contributed by atoms with Crippen molar-refractivity contribution in [2.24, 2.45) is 61.6 Å². The first-order chi connectivity index (χ1) is 24.2. The topological polar surface area (TPSA) is 106 Å². The fourth-order valence-corrected chi connectivity index (χ4v) is 14.7. The number of aliphatic carboxylic acids is 1. The van der Waals surface area contributed by atoms with Crippen LogP contribution in [0.25, 0.3) is 0 Å². The molecule has 1 aromatic heterocycles. The Morgan fingerprint density at radius 2 is 1.60 bits per heavy atom. The van der Waals surface area contributed by atoms with E-state index >= 15 is 0 Å². The van der Waals surface area contributed by atoms with Crippen molar-refractivity contribution in [3.63, 3.8) is 0 Å². The van der Waals surface area contributed by atoms with Crippen molar-refractivity contribution in [2.75, 3.05) is 0 Å². The average Bonchev–Trinajstić information content (AvgIpc) is 3.34. The minimum absolute atomic E-state index is 0.00274. The Hall–Kier alpha value is -2.70. The fourth-order valence-electron chi connectivity index (χ4n) is 14.7. The van der Waals surface area contributed by atoms with Crippen LogP contribution in [0.2, 0.25) is 0 Å². The van der Waals surface area contributed by atoms with Crippen LogP contribution in [0, 0.1) is 61.6 Å². The summed E-state index contributed by atoms with van der Waals surface area (Å²) < 4.78 is 6.29. The van der Waals surface area contributed by atoms with E-state index in [1.807, 2.05) is 32.2 Å². The Morgan fingerprint density at radius 3 is 2.25 bits per heavy atom. The molecule has 10 atom stereocenters. The Labute approximate surface area is 313 Å². The lowest BCUT2D eigenvalue weighted by Crippen LogP contribution is -2.68. The number of hydrogen-bond acceptors (Lipinski definition) is 5. The number of esters is 1. The predicted octanol–water partition coefficient (Wildman–Crippen LogP) is 9.94. The van der Waals surface area contributed by atoms with Gasteiger partial charge in [0.2, 0.25) is 5.91 Å². The van der Waals surface area contributed by atoms with Crippen LogP contribution in [0.3, 0.4) is 0 Å². The standard InChI is InChI=1S/C45H68N2O5/c1-29(2)31-15-20-45(24-36(48)47-28-30-12-11-23-46-27-30)22-21-43(9)34(44(31,45)10)14-13-33-41(7)18-17-35(40(5,6)32(41)16-19-42(33,43)8)52-38(51)26-39(3,4)25-37(49)50/h11-12,23,27,31-35H,1,13-22,24-26,28H2,2-10H3,(H,47,48)(H,49,50)/t31-,32?,33?,34-,35?,41-,42+,43+,44?,45+/m0/s1. The molecule has 52 heavy (non-hydrogen) atoms. The molecule has 0 aliphatic heterocycles. The normalized spacial score (nSPS) is 40.7. The van der Waals surface area contributed by atoms with Gasteiger partial charge in [-0.3, -0.25) is 19.4 Å². The van der Waals surface area contributed by atoms with Crippen molar-refractivity contribution in [1.29, 1.82) is 0 Å². The quantitative estimate of drug-likeness (QED) is 0.185. The zero-order valence-electron chi connectivity index (χ0n) is 33.8. The molecule has 5 aliphatic carbocycles. The molecule has 2 N–H and O–H groups in total. The molecule has 7 nitrogen and oxygen atoms in total. The van der Waals surface area contributed by atoms with Crippen molar-refractivity contribution in [3.05, 3.63) is 42.2 Å². The van der Waals surface area contributed by atoms with Crippen molar-refractivity contribution >= 4 is 17.8 Å². The number of fused-ring (bicyclic) bond motifs is 7. The van der Waals surface area contributed by atoms with E-state index in [9.17, 15) is 19.5 Å². The molecule has 5 saturated carbocycles. The van der Waals surface area contributed by atoms with Gasteiger partial charge in [0.05, 0.1) is 12.8 Å². The lowest BCUT2D eigenvalue weighted by atomic mass is 9.30.